The Morgan fingerprint density at radius 2 is 1.82 bits per heavy atom. The van der Waals surface area contributed by atoms with Crippen molar-refractivity contribution in [2.24, 2.45) is 5.73 Å². The second-order valence-electron chi connectivity index (χ2n) is 9.19. The Bertz CT molecular complexity index is 1230. The lowest BCUT2D eigenvalue weighted by Gasteiger charge is -2.27. The maximum atomic E-state index is 6.08. The number of anilines is 2. The van der Waals surface area contributed by atoms with Gasteiger partial charge in [-0.25, -0.2) is 4.98 Å². The van der Waals surface area contributed by atoms with Crippen LogP contribution in [-0.4, -0.2) is 41.6 Å². The van der Waals surface area contributed by atoms with Crippen LogP contribution in [-0.2, 0) is 6.54 Å². The number of aromatic nitrogens is 6. The maximum absolute atomic E-state index is 6.08. The largest absolute Gasteiger partial charge is 0.364 e. The van der Waals surface area contributed by atoms with E-state index in [4.69, 9.17) is 15.7 Å². The molecule has 0 unspecified atom stereocenters. The van der Waals surface area contributed by atoms with Gasteiger partial charge in [0, 0.05) is 37.1 Å². The summed E-state index contributed by atoms with van der Waals surface area (Å²) in [6, 6.07) is 10.8. The Labute approximate surface area is 199 Å². The third-order valence-corrected chi connectivity index (χ3v) is 6.29. The number of hydrogen-bond donors (Lipinski definition) is 3. The quantitative estimate of drug-likeness (QED) is 0.378. The summed E-state index contributed by atoms with van der Waals surface area (Å²) >= 11 is 0. The van der Waals surface area contributed by atoms with Crippen molar-refractivity contribution >= 4 is 22.9 Å². The molecule has 0 radical (unpaired) electrons. The number of hydrogen-bond acceptors (Lipinski definition) is 8. The van der Waals surface area contributed by atoms with E-state index in [1.54, 1.807) is 6.20 Å². The van der Waals surface area contributed by atoms with Gasteiger partial charge in [0.25, 0.3) is 0 Å². The fourth-order valence-corrected chi connectivity index (χ4v) is 4.31. The number of imidazole rings is 1. The maximum Gasteiger partial charge on any atom is 0.227 e. The van der Waals surface area contributed by atoms with Crippen LogP contribution in [0.1, 0.15) is 51.1 Å². The lowest BCUT2D eigenvalue weighted by atomic mass is 9.92. The number of nitrogens with zero attached hydrogens (tertiary/aromatic N) is 6. The molecule has 0 amide bonds. The van der Waals surface area contributed by atoms with Crippen LogP contribution in [0.5, 0.6) is 0 Å². The Balaban J connectivity index is 1.37. The SMILES string of the molecule is CC(C)n1cnc2c(NCc3ccc(-c4ccccn4)nc3)nc(NC3CCC(N)CC3)nc21. The molecule has 1 aliphatic carbocycles. The summed E-state index contributed by atoms with van der Waals surface area (Å²) in [7, 11) is 0. The zero-order valence-corrected chi connectivity index (χ0v) is 19.6. The molecular formula is C25H31N9. The van der Waals surface area contributed by atoms with Gasteiger partial charge in [-0.2, -0.15) is 9.97 Å². The molecule has 0 aliphatic heterocycles. The number of fused-ring (bicyclic) bond motifs is 1. The summed E-state index contributed by atoms with van der Waals surface area (Å²) in [6.45, 7) is 4.83. The van der Waals surface area contributed by atoms with E-state index in [0.717, 1.165) is 53.8 Å². The number of nitrogens with two attached hydrogens (primary N) is 1. The highest BCUT2D eigenvalue weighted by Gasteiger charge is 2.21. The molecule has 9 nitrogen and oxygen atoms in total. The predicted octanol–water partition coefficient (Wildman–Crippen LogP) is 4.16. The molecule has 0 saturated heterocycles. The van der Waals surface area contributed by atoms with Gasteiger partial charge in [-0.3, -0.25) is 9.97 Å². The van der Waals surface area contributed by atoms with Crippen molar-refractivity contribution in [2.75, 3.05) is 10.6 Å². The Hall–Kier alpha value is -3.59. The van der Waals surface area contributed by atoms with E-state index in [-0.39, 0.29) is 6.04 Å². The van der Waals surface area contributed by atoms with E-state index in [9.17, 15) is 0 Å². The van der Waals surface area contributed by atoms with Gasteiger partial charge < -0.3 is 20.9 Å². The zero-order chi connectivity index (χ0) is 23.5. The van der Waals surface area contributed by atoms with E-state index >= 15 is 0 Å². The van der Waals surface area contributed by atoms with Crippen LogP contribution in [0.4, 0.5) is 11.8 Å². The van der Waals surface area contributed by atoms with Crippen molar-refractivity contribution in [1.82, 2.24) is 29.5 Å². The first-order valence-corrected chi connectivity index (χ1v) is 11.9. The standard InChI is InChI=1S/C25H31N9/c1-16(2)34-15-30-22-23(32-25(33-24(22)34)31-19-9-7-18(26)8-10-19)29-14-17-6-11-21(28-13-17)20-5-3-4-12-27-20/h3-6,11-13,15-16,18-19H,7-10,14,26H2,1-2H3,(H2,29,31,32,33). The molecule has 4 N–H and O–H groups in total. The number of rotatable bonds is 7. The van der Waals surface area contributed by atoms with Crippen LogP contribution >= 0.6 is 0 Å². The highest BCUT2D eigenvalue weighted by Crippen LogP contribution is 2.26. The van der Waals surface area contributed by atoms with E-state index < -0.39 is 0 Å². The van der Waals surface area contributed by atoms with Crippen LogP contribution in [0.2, 0.25) is 0 Å². The molecule has 0 bridgehead atoms. The van der Waals surface area contributed by atoms with Crippen LogP contribution in [0.15, 0.2) is 49.1 Å². The molecule has 1 fully saturated rings. The van der Waals surface area contributed by atoms with Crippen LogP contribution < -0.4 is 16.4 Å². The summed E-state index contributed by atoms with van der Waals surface area (Å²) in [6.07, 6.45) is 9.59. The number of pyridine rings is 2. The highest BCUT2D eigenvalue weighted by molar-refractivity contribution is 5.84. The molecule has 0 atom stereocenters. The van der Waals surface area contributed by atoms with Gasteiger partial charge in [0.15, 0.2) is 17.0 Å². The highest BCUT2D eigenvalue weighted by atomic mass is 15.2. The third-order valence-electron chi connectivity index (χ3n) is 6.29. The van der Waals surface area contributed by atoms with Gasteiger partial charge in [0.2, 0.25) is 5.95 Å². The van der Waals surface area contributed by atoms with E-state index in [1.807, 2.05) is 36.8 Å². The summed E-state index contributed by atoms with van der Waals surface area (Å²) in [4.78, 5) is 23.2. The fourth-order valence-electron chi connectivity index (χ4n) is 4.31. The summed E-state index contributed by atoms with van der Waals surface area (Å²) in [5.41, 5.74) is 10.4. The minimum absolute atomic E-state index is 0.247. The summed E-state index contributed by atoms with van der Waals surface area (Å²) in [5, 5.41) is 6.99. The van der Waals surface area contributed by atoms with Gasteiger partial charge in [-0.15, -0.1) is 0 Å². The average Bonchev–Trinajstić information content (AvgIpc) is 3.29. The Morgan fingerprint density at radius 1 is 1.00 bits per heavy atom. The Morgan fingerprint density at radius 3 is 2.53 bits per heavy atom. The predicted molar refractivity (Wildman–Crippen MR) is 134 cm³/mol. The minimum atomic E-state index is 0.247. The Kier molecular flexibility index (Phi) is 6.35. The van der Waals surface area contributed by atoms with Crippen LogP contribution in [0.3, 0.4) is 0 Å². The smallest absolute Gasteiger partial charge is 0.227 e. The van der Waals surface area contributed by atoms with Crippen molar-refractivity contribution in [1.29, 1.82) is 0 Å². The monoisotopic (exact) mass is 457 g/mol. The normalized spacial score (nSPS) is 18.4. The molecule has 0 aromatic carbocycles. The zero-order valence-electron chi connectivity index (χ0n) is 19.6. The molecule has 1 aliphatic rings. The van der Waals surface area contributed by atoms with Crippen molar-refractivity contribution in [3.8, 4) is 11.4 Å². The number of nitrogens with one attached hydrogen (secondary N) is 2. The van der Waals surface area contributed by atoms with Gasteiger partial charge in [-0.1, -0.05) is 12.1 Å². The van der Waals surface area contributed by atoms with Gasteiger partial charge >= 0.3 is 0 Å². The van der Waals surface area contributed by atoms with E-state index in [0.29, 0.717) is 30.4 Å². The van der Waals surface area contributed by atoms with Crippen molar-refractivity contribution < 1.29 is 0 Å². The minimum Gasteiger partial charge on any atom is -0.364 e. The van der Waals surface area contributed by atoms with Gasteiger partial charge in [0.1, 0.15) is 0 Å². The van der Waals surface area contributed by atoms with Crippen molar-refractivity contribution in [2.45, 2.75) is 64.2 Å². The molecule has 5 rings (SSSR count). The topological polar surface area (TPSA) is 119 Å². The molecule has 34 heavy (non-hydrogen) atoms. The second-order valence-corrected chi connectivity index (χ2v) is 9.19. The molecule has 9 heteroatoms. The lowest BCUT2D eigenvalue weighted by Crippen LogP contribution is -2.33. The first-order valence-electron chi connectivity index (χ1n) is 11.9. The second kappa shape index (κ2) is 9.72. The summed E-state index contributed by atoms with van der Waals surface area (Å²) < 4.78 is 2.08. The molecule has 1 saturated carbocycles. The van der Waals surface area contributed by atoms with E-state index in [2.05, 4.69) is 50.1 Å². The average molecular weight is 458 g/mol. The molecular weight excluding hydrogens is 426 g/mol. The van der Waals surface area contributed by atoms with Crippen molar-refractivity contribution in [3.63, 3.8) is 0 Å². The molecule has 176 valence electrons. The molecule has 4 aromatic heterocycles. The van der Waals surface area contributed by atoms with Crippen LogP contribution in [0, 0.1) is 0 Å². The lowest BCUT2D eigenvalue weighted by molar-refractivity contribution is 0.410. The third kappa shape index (κ3) is 4.84. The molecule has 4 heterocycles. The van der Waals surface area contributed by atoms with Gasteiger partial charge in [0.05, 0.1) is 17.7 Å². The first kappa shape index (κ1) is 22.2. The first-order chi connectivity index (χ1) is 16.6. The summed E-state index contributed by atoms with van der Waals surface area (Å²) in [5.74, 6) is 1.34. The van der Waals surface area contributed by atoms with Crippen LogP contribution in [0.25, 0.3) is 22.6 Å². The van der Waals surface area contributed by atoms with Gasteiger partial charge in [-0.05, 0) is 63.3 Å². The molecule has 0 spiro atoms. The molecule has 4 aromatic rings. The van der Waals surface area contributed by atoms with Crippen molar-refractivity contribution in [3.05, 3.63) is 54.6 Å². The van der Waals surface area contributed by atoms with E-state index in [1.165, 1.54) is 0 Å². The fraction of sp³-hybridized carbons (Fsp3) is 0.400.